The van der Waals surface area contributed by atoms with E-state index in [2.05, 4.69) is 10.6 Å². The van der Waals surface area contributed by atoms with Crippen LogP contribution >= 0.6 is 0 Å². The van der Waals surface area contributed by atoms with Gasteiger partial charge in [0, 0.05) is 5.56 Å². The van der Waals surface area contributed by atoms with E-state index >= 15 is 0 Å². The zero-order valence-corrected chi connectivity index (χ0v) is 13.6. The number of amides is 2. The van der Waals surface area contributed by atoms with Gasteiger partial charge >= 0.3 is 6.03 Å². The summed E-state index contributed by atoms with van der Waals surface area (Å²) in [6, 6.07) is 11.8. The summed E-state index contributed by atoms with van der Waals surface area (Å²) in [5.74, 6) is 0.0864. The number of nitrogens with one attached hydrogen (secondary N) is 2. The fourth-order valence-corrected chi connectivity index (χ4v) is 2.44. The van der Waals surface area contributed by atoms with Crippen LogP contribution in [0.4, 0.5) is 9.18 Å². The van der Waals surface area contributed by atoms with Gasteiger partial charge < -0.3 is 20.5 Å². The molecule has 2 aromatic rings. The average molecular weight is 332 g/mol. The molecular formula is C18H21FN2O3. The first-order chi connectivity index (χ1) is 11.5. The molecule has 3 N–H and O–H groups in total. The molecule has 0 radical (unpaired) electrons. The summed E-state index contributed by atoms with van der Waals surface area (Å²) in [7, 11) is 1.49. The molecule has 0 heterocycles. The third-order valence-electron chi connectivity index (χ3n) is 3.70. The number of benzene rings is 2. The summed E-state index contributed by atoms with van der Waals surface area (Å²) in [6.07, 6.45) is 0. The number of carbonyl (C=O) groups excluding carboxylic acids is 1. The number of urea groups is 1. The first-order valence-corrected chi connectivity index (χ1v) is 7.61. The molecule has 0 fully saturated rings. The van der Waals surface area contributed by atoms with E-state index in [-0.39, 0.29) is 6.61 Å². The molecule has 2 rings (SSSR count). The Labute approximate surface area is 140 Å². The van der Waals surface area contributed by atoms with Crippen molar-refractivity contribution in [2.75, 3.05) is 13.7 Å². The van der Waals surface area contributed by atoms with E-state index in [4.69, 9.17) is 4.74 Å². The lowest BCUT2D eigenvalue weighted by molar-refractivity contribution is 0.214. The number of aliphatic hydroxyl groups is 1. The van der Waals surface area contributed by atoms with Crippen LogP contribution in [0.1, 0.15) is 30.1 Å². The summed E-state index contributed by atoms with van der Waals surface area (Å²) < 4.78 is 18.6. The van der Waals surface area contributed by atoms with Crippen LogP contribution in [0.5, 0.6) is 5.75 Å². The standard InChI is InChI=1S/C18H21FN2O3/c1-12(15-10-14(19)8-9-17(15)24-2)20-18(23)21-16(11-22)13-6-4-3-5-7-13/h3-10,12,16,22H,11H2,1-2H3,(H2,20,21,23)/t12-,16+/m0/s1. The van der Waals surface area contributed by atoms with Gasteiger partial charge in [0.15, 0.2) is 0 Å². The Morgan fingerprint density at radius 2 is 1.92 bits per heavy atom. The number of aliphatic hydroxyl groups excluding tert-OH is 1. The number of halogens is 1. The van der Waals surface area contributed by atoms with Gasteiger partial charge in [-0.2, -0.15) is 0 Å². The summed E-state index contributed by atoms with van der Waals surface area (Å²) in [5, 5.41) is 14.9. The molecule has 128 valence electrons. The fourth-order valence-electron chi connectivity index (χ4n) is 2.44. The predicted molar refractivity (Wildman–Crippen MR) is 89.3 cm³/mol. The van der Waals surface area contributed by atoms with Crippen LogP contribution in [-0.2, 0) is 0 Å². The predicted octanol–water partition coefficient (Wildman–Crippen LogP) is 2.93. The van der Waals surface area contributed by atoms with Gasteiger partial charge in [-0.05, 0) is 30.7 Å². The minimum absolute atomic E-state index is 0.227. The van der Waals surface area contributed by atoms with Gasteiger partial charge in [-0.15, -0.1) is 0 Å². The van der Waals surface area contributed by atoms with Gasteiger partial charge in [0.05, 0.1) is 25.8 Å². The van der Waals surface area contributed by atoms with Crippen LogP contribution in [0.15, 0.2) is 48.5 Å². The number of hydrogen-bond donors (Lipinski definition) is 3. The molecule has 0 spiro atoms. The van der Waals surface area contributed by atoms with Gasteiger partial charge in [-0.3, -0.25) is 0 Å². The Morgan fingerprint density at radius 3 is 2.54 bits per heavy atom. The Bertz CT molecular complexity index is 679. The second-order valence-electron chi connectivity index (χ2n) is 5.37. The third kappa shape index (κ3) is 4.45. The summed E-state index contributed by atoms with van der Waals surface area (Å²) >= 11 is 0. The molecule has 0 aromatic heterocycles. The molecule has 0 bridgehead atoms. The molecule has 0 aliphatic carbocycles. The molecule has 2 amide bonds. The minimum Gasteiger partial charge on any atom is -0.496 e. The molecule has 2 atom stereocenters. The van der Waals surface area contributed by atoms with Crippen molar-refractivity contribution in [3.05, 3.63) is 65.5 Å². The highest BCUT2D eigenvalue weighted by atomic mass is 19.1. The van der Waals surface area contributed by atoms with Crippen molar-refractivity contribution < 1.29 is 19.0 Å². The molecular weight excluding hydrogens is 311 g/mol. The topological polar surface area (TPSA) is 70.6 Å². The number of ether oxygens (including phenoxy) is 1. The van der Waals surface area contributed by atoms with Gasteiger partial charge in [-0.25, -0.2) is 9.18 Å². The maximum atomic E-state index is 13.5. The molecule has 0 aliphatic rings. The van der Waals surface area contributed by atoms with Gasteiger partial charge in [0.25, 0.3) is 0 Å². The van der Waals surface area contributed by atoms with E-state index in [1.54, 1.807) is 6.92 Å². The Kier molecular flexibility index (Phi) is 6.14. The lowest BCUT2D eigenvalue weighted by Crippen LogP contribution is -2.40. The van der Waals surface area contributed by atoms with Crippen molar-refractivity contribution >= 4 is 6.03 Å². The quantitative estimate of drug-likeness (QED) is 0.762. The van der Waals surface area contributed by atoms with E-state index in [0.717, 1.165) is 5.56 Å². The first-order valence-electron chi connectivity index (χ1n) is 7.61. The van der Waals surface area contributed by atoms with E-state index in [1.807, 2.05) is 30.3 Å². The lowest BCUT2D eigenvalue weighted by atomic mass is 10.1. The molecule has 2 aromatic carbocycles. The van der Waals surface area contributed by atoms with E-state index in [0.29, 0.717) is 11.3 Å². The van der Waals surface area contributed by atoms with Gasteiger partial charge in [0.1, 0.15) is 11.6 Å². The zero-order valence-electron chi connectivity index (χ0n) is 13.6. The van der Waals surface area contributed by atoms with Crippen molar-refractivity contribution in [2.45, 2.75) is 19.0 Å². The normalized spacial score (nSPS) is 13.0. The first kappa shape index (κ1) is 17.7. The van der Waals surface area contributed by atoms with Crippen LogP contribution in [-0.4, -0.2) is 24.9 Å². The fraction of sp³-hybridized carbons (Fsp3) is 0.278. The van der Waals surface area contributed by atoms with E-state index in [9.17, 15) is 14.3 Å². The second kappa shape index (κ2) is 8.31. The van der Waals surface area contributed by atoms with Crippen LogP contribution in [0, 0.1) is 5.82 Å². The van der Waals surface area contributed by atoms with Crippen molar-refractivity contribution in [3.63, 3.8) is 0 Å². The summed E-state index contributed by atoms with van der Waals surface area (Å²) in [4.78, 5) is 12.2. The molecule has 6 heteroatoms. The Morgan fingerprint density at radius 1 is 1.21 bits per heavy atom. The summed E-state index contributed by atoms with van der Waals surface area (Å²) in [6.45, 7) is 1.50. The lowest BCUT2D eigenvalue weighted by Gasteiger charge is -2.21. The molecule has 0 aliphatic heterocycles. The van der Waals surface area contributed by atoms with Crippen LogP contribution in [0.25, 0.3) is 0 Å². The smallest absolute Gasteiger partial charge is 0.315 e. The van der Waals surface area contributed by atoms with Crippen molar-refractivity contribution in [1.82, 2.24) is 10.6 Å². The van der Waals surface area contributed by atoms with Crippen LogP contribution < -0.4 is 15.4 Å². The SMILES string of the molecule is COc1ccc(F)cc1[C@H](C)NC(=O)N[C@H](CO)c1ccccc1. The Hall–Kier alpha value is -2.60. The highest BCUT2D eigenvalue weighted by Crippen LogP contribution is 2.25. The maximum Gasteiger partial charge on any atom is 0.315 e. The van der Waals surface area contributed by atoms with Crippen molar-refractivity contribution in [2.24, 2.45) is 0 Å². The highest BCUT2D eigenvalue weighted by Gasteiger charge is 2.18. The number of hydrogen-bond acceptors (Lipinski definition) is 3. The molecule has 0 saturated carbocycles. The molecule has 0 unspecified atom stereocenters. The van der Waals surface area contributed by atoms with Gasteiger partial charge in [-0.1, -0.05) is 30.3 Å². The summed E-state index contributed by atoms with van der Waals surface area (Å²) in [5.41, 5.74) is 1.33. The van der Waals surface area contributed by atoms with E-state index < -0.39 is 23.9 Å². The number of carbonyl (C=O) groups is 1. The number of rotatable bonds is 6. The largest absolute Gasteiger partial charge is 0.496 e. The van der Waals surface area contributed by atoms with Crippen molar-refractivity contribution in [1.29, 1.82) is 0 Å². The highest BCUT2D eigenvalue weighted by molar-refractivity contribution is 5.75. The average Bonchev–Trinajstić information content (AvgIpc) is 2.60. The van der Waals surface area contributed by atoms with Crippen molar-refractivity contribution in [3.8, 4) is 5.75 Å². The maximum absolute atomic E-state index is 13.5. The minimum atomic E-state index is -0.521. The Balaban J connectivity index is 2.05. The number of methoxy groups -OCH3 is 1. The monoisotopic (exact) mass is 332 g/mol. The molecule has 24 heavy (non-hydrogen) atoms. The van der Waals surface area contributed by atoms with Crippen LogP contribution in [0.3, 0.4) is 0 Å². The van der Waals surface area contributed by atoms with E-state index in [1.165, 1.54) is 25.3 Å². The second-order valence-corrected chi connectivity index (χ2v) is 5.37. The zero-order chi connectivity index (χ0) is 17.5. The molecule has 0 saturated heterocycles. The van der Waals surface area contributed by atoms with Crippen LogP contribution in [0.2, 0.25) is 0 Å². The third-order valence-corrected chi connectivity index (χ3v) is 3.70. The molecule has 5 nitrogen and oxygen atoms in total. The van der Waals surface area contributed by atoms with Gasteiger partial charge in [0.2, 0.25) is 0 Å².